The smallest absolute Gasteiger partial charge is 0.244 e. The van der Waals surface area contributed by atoms with Crippen LogP contribution in [0.25, 0.3) is 0 Å². The van der Waals surface area contributed by atoms with Gasteiger partial charge in [-0.05, 0) is 56.2 Å². The zero-order chi connectivity index (χ0) is 21.3. The molecule has 0 saturated carbocycles. The zero-order valence-corrected chi connectivity index (χ0v) is 18.1. The molecule has 3 aromatic rings. The van der Waals surface area contributed by atoms with E-state index in [2.05, 4.69) is 5.32 Å². The van der Waals surface area contributed by atoms with Crippen molar-refractivity contribution in [2.24, 2.45) is 0 Å². The number of anilines is 2. The summed E-state index contributed by atoms with van der Waals surface area (Å²) in [4.78, 5) is 28.6. The standard InChI is InChI=1S/C24H24N2O3S/c1-15-11-16(2)24(17(3)12-15)25-22(27)14-26-18-7-4-5-9-20(18)30-21(13-23(26)28)19-8-6-10-29-19/h4-12,21H,13-14H2,1-3H3,(H,25,27)/t21-/m0/s1. The van der Waals surface area contributed by atoms with Gasteiger partial charge in [0.1, 0.15) is 12.3 Å². The Morgan fingerprint density at radius 1 is 1.13 bits per heavy atom. The Kier molecular flexibility index (Phi) is 5.68. The van der Waals surface area contributed by atoms with Gasteiger partial charge in [-0.3, -0.25) is 9.59 Å². The first kappa shape index (κ1) is 20.3. The Labute approximate surface area is 180 Å². The molecule has 2 amide bonds. The summed E-state index contributed by atoms with van der Waals surface area (Å²) in [6.45, 7) is 5.96. The number of amides is 2. The number of carbonyl (C=O) groups excluding carboxylic acids is 2. The predicted molar refractivity (Wildman–Crippen MR) is 120 cm³/mol. The van der Waals surface area contributed by atoms with Crippen LogP contribution in [0.1, 0.15) is 34.1 Å². The van der Waals surface area contributed by atoms with E-state index < -0.39 is 0 Å². The summed E-state index contributed by atoms with van der Waals surface area (Å²) in [6.07, 6.45) is 1.89. The highest BCUT2D eigenvalue weighted by Gasteiger charge is 2.31. The van der Waals surface area contributed by atoms with Gasteiger partial charge in [0.15, 0.2) is 0 Å². The van der Waals surface area contributed by atoms with Gasteiger partial charge in [0, 0.05) is 17.0 Å². The van der Waals surface area contributed by atoms with Crippen molar-refractivity contribution in [2.45, 2.75) is 37.3 Å². The van der Waals surface area contributed by atoms with E-state index in [0.29, 0.717) is 0 Å². The van der Waals surface area contributed by atoms with Crippen molar-refractivity contribution in [3.05, 3.63) is 77.2 Å². The lowest BCUT2D eigenvalue weighted by Crippen LogP contribution is -2.38. The Bertz CT molecular complexity index is 1070. The topological polar surface area (TPSA) is 62.6 Å². The molecule has 5 nitrogen and oxygen atoms in total. The molecule has 0 unspecified atom stereocenters. The third-order valence-corrected chi connectivity index (χ3v) is 6.47. The normalized spacial score (nSPS) is 16.2. The molecule has 2 heterocycles. The number of furan rings is 1. The largest absolute Gasteiger partial charge is 0.468 e. The molecule has 1 N–H and O–H groups in total. The Morgan fingerprint density at radius 3 is 2.57 bits per heavy atom. The highest BCUT2D eigenvalue weighted by Crippen LogP contribution is 2.45. The quantitative estimate of drug-likeness (QED) is 0.613. The van der Waals surface area contributed by atoms with Crippen LogP contribution in [0, 0.1) is 20.8 Å². The van der Waals surface area contributed by atoms with Crippen molar-refractivity contribution in [1.29, 1.82) is 0 Å². The summed E-state index contributed by atoms with van der Waals surface area (Å²) >= 11 is 1.59. The zero-order valence-electron chi connectivity index (χ0n) is 17.3. The monoisotopic (exact) mass is 420 g/mol. The van der Waals surface area contributed by atoms with Crippen LogP contribution in [0.3, 0.4) is 0 Å². The van der Waals surface area contributed by atoms with Gasteiger partial charge in [0.2, 0.25) is 11.8 Å². The van der Waals surface area contributed by atoms with Gasteiger partial charge in [-0.25, -0.2) is 0 Å². The molecule has 0 saturated heterocycles. The molecule has 1 atom stereocenters. The molecule has 154 valence electrons. The molecule has 0 spiro atoms. The number of benzene rings is 2. The summed E-state index contributed by atoms with van der Waals surface area (Å²) in [5, 5.41) is 2.88. The predicted octanol–water partition coefficient (Wildman–Crippen LogP) is 5.41. The molecule has 0 aliphatic carbocycles. The van der Waals surface area contributed by atoms with Crippen molar-refractivity contribution < 1.29 is 14.0 Å². The van der Waals surface area contributed by atoms with Crippen LogP contribution in [-0.4, -0.2) is 18.4 Å². The fourth-order valence-corrected chi connectivity index (χ4v) is 5.12. The second-order valence-electron chi connectivity index (χ2n) is 7.60. The van der Waals surface area contributed by atoms with Gasteiger partial charge in [-0.15, -0.1) is 11.8 Å². The lowest BCUT2D eigenvalue weighted by atomic mass is 10.1. The molecule has 2 aromatic carbocycles. The van der Waals surface area contributed by atoms with Crippen LogP contribution < -0.4 is 10.2 Å². The molecule has 6 heteroatoms. The van der Waals surface area contributed by atoms with Gasteiger partial charge in [-0.1, -0.05) is 29.8 Å². The highest BCUT2D eigenvalue weighted by molar-refractivity contribution is 7.99. The third-order valence-electron chi connectivity index (χ3n) is 5.19. The summed E-state index contributed by atoms with van der Waals surface area (Å²) in [5.74, 6) is 0.455. The van der Waals surface area contributed by atoms with Crippen molar-refractivity contribution in [3.63, 3.8) is 0 Å². The van der Waals surface area contributed by atoms with Crippen molar-refractivity contribution in [2.75, 3.05) is 16.8 Å². The number of hydrogen-bond donors (Lipinski definition) is 1. The lowest BCUT2D eigenvalue weighted by molar-refractivity contribution is -0.121. The minimum Gasteiger partial charge on any atom is -0.468 e. The van der Waals surface area contributed by atoms with Gasteiger partial charge < -0.3 is 14.6 Å². The average molecular weight is 421 g/mol. The van der Waals surface area contributed by atoms with Crippen LogP contribution in [0.15, 0.2) is 64.1 Å². The first-order chi connectivity index (χ1) is 14.4. The molecular weight excluding hydrogens is 396 g/mol. The Hall–Kier alpha value is -2.99. The van der Waals surface area contributed by atoms with E-state index in [1.54, 1.807) is 22.9 Å². The fourth-order valence-electron chi connectivity index (χ4n) is 3.88. The molecule has 1 aromatic heterocycles. The maximum absolute atomic E-state index is 13.1. The average Bonchev–Trinajstić information content (AvgIpc) is 3.19. The number of rotatable bonds is 4. The van der Waals surface area contributed by atoms with E-state index in [4.69, 9.17) is 4.42 Å². The maximum Gasteiger partial charge on any atom is 0.244 e. The number of nitrogens with zero attached hydrogens (tertiary/aromatic N) is 1. The molecule has 0 fully saturated rings. The maximum atomic E-state index is 13.1. The van der Waals surface area contributed by atoms with Crippen molar-refractivity contribution in [1.82, 2.24) is 0 Å². The number of para-hydroxylation sites is 1. The number of hydrogen-bond acceptors (Lipinski definition) is 4. The number of nitrogens with one attached hydrogen (secondary N) is 1. The lowest BCUT2D eigenvalue weighted by Gasteiger charge is -2.22. The van der Waals surface area contributed by atoms with Crippen molar-refractivity contribution >= 4 is 35.0 Å². The number of thioether (sulfide) groups is 1. The molecule has 1 aliphatic rings. The van der Waals surface area contributed by atoms with E-state index in [-0.39, 0.29) is 30.0 Å². The second-order valence-corrected chi connectivity index (χ2v) is 8.84. The molecule has 0 bridgehead atoms. The summed E-state index contributed by atoms with van der Waals surface area (Å²) in [7, 11) is 0. The van der Waals surface area contributed by atoms with Gasteiger partial charge in [0.05, 0.1) is 17.2 Å². The van der Waals surface area contributed by atoms with Gasteiger partial charge >= 0.3 is 0 Å². The minimum absolute atomic E-state index is 0.0337. The second kappa shape index (κ2) is 8.40. The molecule has 1 aliphatic heterocycles. The number of aryl methyl sites for hydroxylation is 3. The summed E-state index contributed by atoms with van der Waals surface area (Å²) < 4.78 is 5.55. The van der Waals surface area contributed by atoms with Crippen LogP contribution >= 0.6 is 11.8 Å². The summed E-state index contributed by atoms with van der Waals surface area (Å²) in [6, 6.07) is 15.5. The van der Waals surface area contributed by atoms with E-state index >= 15 is 0 Å². The van der Waals surface area contributed by atoms with Crippen LogP contribution in [0.2, 0.25) is 0 Å². The molecule has 30 heavy (non-hydrogen) atoms. The van der Waals surface area contributed by atoms with Crippen LogP contribution in [-0.2, 0) is 9.59 Å². The van der Waals surface area contributed by atoms with Gasteiger partial charge in [0.25, 0.3) is 0 Å². The first-order valence-corrected chi connectivity index (χ1v) is 10.8. The minimum atomic E-state index is -0.213. The van der Waals surface area contributed by atoms with E-state index in [0.717, 1.165) is 38.7 Å². The first-order valence-electron chi connectivity index (χ1n) is 9.89. The van der Waals surface area contributed by atoms with Crippen LogP contribution in [0.4, 0.5) is 11.4 Å². The SMILES string of the molecule is Cc1cc(C)c(NC(=O)CN2C(=O)C[C@@H](c3ccco3)Sc3ccccc32)c(C)c1. The molecule has 0 radical (unpaired) electrons. The third kappa shape index (κ3) is 4.14. The molecular formula is C24H24N2O3S. The fraction of sp³-hybridized carbons (Fsp3) is 0.250. The van der Waals surface area contributed by atoms with E-state index in [1.807, 2.05) is 69.3 Å². The number of carbonyl (C=O) groups is 2. The Morgan fingerprint density at radius 2 is 1.87 bits per heavy atom. The molecule has 4 rings (SSSR count). The van der Waals surface area contributed by atoms with Gasteiger partial charge in [-0.2, -0.15) is 0 Å². The van der Waals surface area contributed by atoms with Crippen LogP contribution in [0.5, 0.6) is 0 Å². The number of fused-ring (bicyclic) bond motifs is 1. The highest BCUT2D eigenvalue weighted by atomic mass is 32.2. The Balaban J connectivity index is 1.59. The van der Waals surface area contributed by atoms with E-state index in [9.17, 15) is 9.59 Å². The summed E-state index contributed by atoms with van der Waals surface area (Å²) in [5.41, 5.74) is 4.74. The van der Waals surface area contributed by atoms with E-state index in [1.165, 1.54) is 0 Å². The van der Waals surface area contributed by atoms with Crippen molar-refractivity contribution in [3.8, 4) is 0 Å².